The number of unbranched alkanes of at least 4 members (excludes halogenated alkanes) is 28. The number of aliphatic hydroxyl groups excluding tert-OH is 5. The van der Waals surface area contributed by atoms with Crippen LogP contribution >= 0.6 is 0 Å². The highest BCUT2D eigenvalue weighted by molar-refractivity contribution is 5.76. The Kier molecular flexibility index (Phi) is 41.3. The Morgan fingerprint density at radius 1 is 0.540 bits per heavy atom. The molecule has 368 valence electrons. The fraction of sp³-hybridized carbons (Fsp3) is 0.833. The van der Waals surface area contributed by atoms with Crippen molar-refractivity contribution in [2.75, 3.05) is 13.2 Å². The zero-order valence-electron chi connectivity index (χ0n) is 40.6. The van der Waals surface area contributed by atoms with E-state index < -0.39 is 49.5 Å². The molecule has 7 atom stereocenters. The van der Waals surface area contributed by atoms with E-state index >= 15 is 0 Å². The highest BCUT2D eigenvalue weighted by Gasteiger charge is 2.44. The van der Waals surface area contributed by atoms with E-state index in [1.165, 1.54) is 161 Å². The number of hydrogen-bond acceptors (Lipinski definition) is 8. The van der Waals surface area contributed by atoms with E-state index in [4.69, 9.17) is 9.47 Å². The van der Waals surface area contributed by atoms with Gasteiger partial charge in [-0.2, -0.15) is 0 Å². The van der Waals surface area contributed by atoms with E-state index in [9.17, 15) is 30.3 Å². The molecule has 0 bridgehead atoms. The third-order valence-electron chi connectivity index (χ3n) is 12.4. The third kappa shape index (κ3) is 34.2. The zero-order chi connectivity index (χ0) is 45.9. The fourth-order valence-electron chi connectivity index (χ4n) is 8.16. The van der Waals surface area contributed by atoms with Crippen LogP contribution in [-0.2, 0) is 14.3 Å². The molecular formula is C54H99NO8. The number of hydrogen-bond donors (Lipinski definition) is 6. The van der Waals surface area contributed by atoms with Crippen LogP contribution in [0.25, 0.3) is 0 Å². The van der Waals surface area contributed by atoms with Crippen molar-refractivity contribution in [3.05, 3.63) is 48.6 Å². The second-order valence-corrected chi connectivity index (χ2v) is 18.3. The molecule has 6 N–H and O–H groups in total. The molecule has 0 aliphatic carbocycles. The normalized spacial score (nSPS) is 20.5. The van der Waals surface area contributed by atoms with Gasteiger partial charge in [0.15, 0.2) is 6.29 Å². The first-order valence-corrected chi connectivity index (χ1v) is 26.4. The maximum Gasteiger partial charge on any atom is 0.220 e. The number of carbonyl (C=O) groups is 1. The van der Waals surface area contributed by atoms with Gasteiger partial charge in [-0.25, -0.2) is 0 Å². The van der Waals surface area contributed by atoms with Gasteiger partial charge in [0.25, 0.3) is 0 Å². The number of carbonyl (C=O) groups excluding carboxylic acids is 1. The van der Waals surface area contributed by atoms with Gasteiger partial charge in [-0.05, 0) is 57.8 Å². The van der Waals surface area contributed by atoms with E-state index in [1.54, 1.807) is 6.08 Å². The molecule has 1 fully saturated rings. The van der Waals surface area contributed by atoms with Crippen LogP contribution in [-0.4, -0.2) is 87.5 Å². The maximum absolute atomic E-state index is 12.9. The molecule has 0 spiro atoms. The molecule has 1 aliphatic heterocycles. The van der Waals surface area contributed by atoms with Crippen LogP contribution in [0.15, 0.2) is 48.6 Å². The second-order valence-electron chi connectivity index (χ2n) is 18.3. The van der Waals surface area contributed by atoms with Crippen molar-refractivity contribution in [2.45, 2.75) is 275 Å². The van der Waals surface area contributed by atoms with Crippen molar-refractivity contribution in [3.8, 4) is 0 Å². The summed E-state index contributed by atoms with van der Waals surface area (Å²) in [6.45, 7) is 3.70. The van der Waals surface area contributed by atoms with E-state index in [1.807, 2.05) is 6.08 Å². The number of rotatable bonds is 44. The topological polar surface area (TPSA) is 149 Å². The maximum atomic E-state index is 12.9. The lowest BCUT2D eigenvalue weighted by atomic mass is 9.99. The molecule has 1 aliphatic rings. The van der Waals surface area contributed by atoms with Gasteiger partial charge in [0.1, 0.15) is 24.4 Å². The molecule has 63 heavy (non-hydrogen) atoms. The van der Waals surface area contributed by atoms with Crippen molar-refractivity contribution in [2.24, 2.45) is 0 Å². The lowest BCUT2D eigenvalue weighted by molar-refractivity contribution is -0.302. The van der Waals surface area contributed by atoms with Crippen molar-refractivity contribution in [3.63, 3.8) is 0 Å². The summed E-state index contributed by atoms with van der Waals surface area (Å²) in [7, 11) is 0. The van der Waals surface area contributed by atoms with Crippen molar-refractivity contribution in [1.82, 2.24) is 5.32 Å². The average molecular weight is 890 g/mol. The largest absolute Gasteiger partial charge is 0.394 e. The van der Waals surface area contributed by atoms with Gasteiger partial charge >= 0.3 is 0 Å². The van der Waals surface area contributed by atoms with Gasteiger partial charge in [0.2, 0.25) is 5.91 Å². The van der Waals surface area contributed by atoms with Crippen LogP contribution in [0.1, 0.15) is 232 Å². The summed E-state index contributed by atoms with van der Waals surface area (Å²) in [6.07, 6.45) is 50.7. The minimum Gasteiger partial charge on any atom is -0.394 e. The molecule has 1 amide bonds. The number of ether oxygens (including phenoxy) is 2. The lowest BCUT2D eigenvalue weighted by Crippen LogP contribution is -2.60. The molecule has 9 heteroatoms. The molecule has 1 rings (SSSR count). The molecule has 0 aromatic rings. The van der Waals surface area contributed by atoms with Gasteiger partial charge < -0.3 is 40.3 Å². The summed E-state index contributed by atoms with van der Waals surface area (Å²) in [5.41, 5.74) is 0. The Morgan fingerprint density at radius 3 is 1.38 bits per heavy atom. The third-order valence-corrected chi connectivity index (χ3v) is 12.4. The average Bonchev–Trinajstić information content (AvgIpc) is 3.28. The highest BCUT2D eigenvalue weighted by Crippen LogP contribution is 2.23. The molecule has 9 nitrogen and oxygen atoms in total. The number of nitrogens with one attached hydrogen (secondary N) is 1. The summed E-state index contributed by atoms with van der Waals surface area (Å²) in [5, 5.41) is 54.0. The number of aliphatic hydroxyl groups is 5. The van der Waals surface area contributed by atoms with Crippen LogP contribution in [0.4, 0.5) is 0 Å². The first-order chi connectivity index (χ1) is 30.8. The summed E-state index contributed by atoms with van der Waals surface area (Å²) in [4.78, 5) is 12.9. The van der Waals surface area contributed by atoms with E-state index in [0.29, 0.717) is 6.42 Å². The Labute approximate surface area is 386 Å². The quantitative estimate of drug-likeness (QED) is 0.0262. The predicted molar refractivity (Wildman–Crippen MR) is 263 cm³/mol. The highest BCUT2D eigenvalue weighted by atomic mass is 16.7. The monoisotopic (exact) mass is 890 g/mol. The molecule has 1 heterocycles. The Hall–Kier alpha value is -1.85. The van der Waals surface area contributed by atoms with Crippen molar-refractivity contribution in [1.29, 1.82) is 0 Å². The van der Waals surface area contributed by atoms with Crippen LogP contribution in [0.2, 0.25) is 0 Å². The van der Waals surface area contributed by atoms with Crippen molar-refractivity contribution >= 4 is 5.91 Å². The van der Waals surface area contributed by atoms with Crippen LogP contribution < -0.4 is 5.32 Å². The Balaban J connectivity index is 2.05. The summed E-state index contributed by atoms with van der Waals surface area (Å²) in [5.74, 6) is -0.181. The molecule has 0 aromatic heterocycles. The summed E-state index contributed by atoms with van der Waals surface area (Å²) in [6, 6.07) is -0.801. The Morgan fingerprint density at radius 2 is 0.937 bits per heavy atom. The van der Waals surface area contributed by atoms with Gasteiger partial charge in [-0.15, -0.1) is 0 Å². The first-order valence-electron chi connectivity index (χ1n) is 26.4. The Bertz CT molecular complexity index is 1130. The lowest BCUT2D eigenvalue weighted by Gasteiger charge is -2.40. The molecule has 0 saturated carbocycles. The molecule has 0 radical (unpaired) electrons. The minimum absolute atomic E-state index is 0.181. The number of allylic oxidation sites excluding steroid dienone is 7. The SMILES string of the molecule is CCCCCCC/C=C\C/C=C\C/C=C\CCCCCCCCCCCCCCCCCCCCC(=O)NC(COC1OC(CO)C(O)C(O)C1O)C(O)/C=C/CCCCCCC. The van der Waals surface area contributed by atoms with Crippen molar-refractivity contribution < 1.29 is 39.8 Å². The van der Waals surface area contributed by atoms with Gasteiger partial charge in [0.05, 0.1) is 25.4 Å². The first kappa shape index (κ1) is 59.2. The van der Waals surface area contributed by atoms with Gasteiger partial charge in [-0.3, -0.25) is 4.79 Å². The second kappa shape index (κ2) is 44.0. The molecule has 0 aromatic carbocycles. The zero-order valence-corrected chi connectivity index (χ0v) is 40.6. The standard InChI is InChI=1S/C54H99NO8/c1-3-5-7-9-11-12-13-14-15-16-17-18-19-20-21-22-23-24-25-26-27-28-29-30-31-32-33-34-35-36-38-40-42-44-50(58)55-47(48(57)43-41-39-37-10-8-6-4-2)46-62-54-53(61)52(60)51(59)49(45-56)63-54/h13-14,16-17,19-20,41,43,47-49,51-54,56-57,59-61H,3-12,15,18,21-40,42,44-46H2,1-2H3,(H,55,58)/b14-13-,17-16-,20-19-,43-41+. The van der Waals surface area contributed by atoms with Gasteiger partial charge in [-0.1, -0.05) is 217 Å². The minimum atomic E-state index is -1.56. The van der Waals surface area contributed by atoms with Gasteiger partial charge in [0, 0.05) is 6.42 Å². The van der Waals surface area contributed by atoms with Crippen LogP contribution in [0.5, 0.6) is 0 Å². The molecular weight excluding hydrogens is 791 g/mol. The smallest absolute Gasteiger partial charge is 0.220 e. The fourth-order valence-corrected chi connectivity index (χ4v) is 8.16. The van der Waals surface area contributed by atoms with E-state index in [2.05, 4.69) is 55.6 Å². The summed E-state index contributed by atoms with van der Waals surface area (Å²) < 4.78 is 11.2. The summed E-state index contributed by atoms with van der Waals surface area (Å²) >= 11 is 0. The molecule has 1 saturated heterocycles. The predicted octanol–water partition coefficient (Wildman–Crippen LogP) is 12.2. The van der Waals surface area contributed by atoms with E-state index in [-0.39, 0.29) is 12.5 Å². The number of amides is 1. The van der Waals surface area contributed by atoms with E-state index in [0.717, 1.165) is 51.4 Å². The van der Waals surface area contributed by atoms with Crippen LogP contribution in [0.3, 0.4) is 0 Å². The molecule has 7 unspecified atom stereocenters. The van der Waals surface area contributed by atoms with Crippen LogP contribution in [0, 0.1) is 0 Å².